The molecule has 3 aromatic rings. The van der Waals surface area contributed by atoms with Crippen LogP contribution in [0.25, 0.3) is 19.6 Å². The zero-order valence-electron chi connectivity index (χ0n) is 9.86. The largest absolute Gasteiger partial charge is 1.00 e. The summed E-state index contributed by atoms with van der Waals surface area (Å²) in [6.45, 7) is 0. The van der Waals surface area contributed by atoms with Gasteiger partial charge < -0.3 is 17.0 Å². The normalized spacial score (nSPS) is 11.3. The average Bonchev–Trinajstić information content (AvgIpc) is 2.64. The predicted molar refractivity (Wildman–Crippen MR) is 79.6 cm³/mol. The van der Waals surface area contributed by atoms with Crippen LogP contribution in [0.4, 0.5) is 0 Å². The van der Waals surface area contributed by atoms with Crippen molar-refractivity contribution >= 4 is 39.0 Å². The average molecular weight is 431 g/mol. The summed E-state index contributed by atoms with van der Waals surface area (Å²) in [5.41, 5.74) is 1.36. The van der Waals surface area contributed by atoms with E-state index in [9.17, 15) is 0 Å². The Labute approximate surface area is 130 Å². The number of hydrogen-bond donors (Lipinski definition) is 0. The monoisotopic (exact) mass is 430 g/mol. The Morgan fingerprint density at radius 3 is 2.17 bits per heavy atom. The maximum atomic E-state index is 3.79. The van der Waals surface area contributed by atoms with Crippen LogP contribution in [-0.2, 0) is 5.82 Å². The van der Waals surface area contributed by atoms with Gasteiger partial charge in [-0.1, -0.05) is 0 Å². The molecule has 92 valence electrons. The Morgan fingerprint density at radius 2 is 1.50 bits per heavy atom. The molecule has 0 aliphatic rings. The van der Waals surface area contributed by atoms with E-state index in [4.69, 9.17) is 0 Å². The van der Waals surface area contributed by atoms with E-state index in [0.717, 1.165) is 0 Å². The van der Waals surface area contributed by atoms with Crippen LogP contribution in [0.2, 0.25) is 0 Å². The molecule has 0 aliphatic heterocycles. The SMILES string of the molecule is C[se+]1c(-c2ccccc2)c(Br)c2ccccc21.[Br-]. The fourth-order valence-electron chi connectivity index (χ4n) is 2.17. The molecule has 1 unspecified atom stereocenters. The van der Waals surface area contributed by atoms with Gasteiger partial charge in [-0.15, -0.1) is 0 Å². The molecule has 0 fully saturated rings. The molecule has 0 N–H and O–H groups in total. The van der Waals surface area contributed by atoms with Crippen LogP contribution in [0.3, 0.4) is 0 Å². The smallest absolute Gasteiger partial charge is 1.00 e. The van der Waals surface area contributed by atoms with Crippen LogP contribution in [0.1, 0.15) is 0 Å². The summed E-state index contributed by atoms with van der Waals surface area (Å²) in [5, 5.41) is 1.39. The van der Waals surface area contributed by atoms with Gasteiger partial charge >= 0.3 is 114 Å². The van der Waals surface area contributed by atoms with Gasteiger partial charge in [-0.05, 0) is 0 Å². The third-order valence-corrected chi connectivity index (χ3v) is 8.75. The molecule has 3 heteroatoms. The Hall–Kier alpha value is -0.341. The van der Waals surface area contributed by atoms with Gasteiger partial charge in [0.15, 0.2) is 0 Å². The van der Waals surface area contributed by atoms with Crippen LogP contribution >= 0.6 is 15.9 Å². The first-order valence-corrected chi connectivity index (χ1v) is 9.71. The number of rotatable bonds is 1. The fourth-order valence-corrected chi connectivity index (χ4v) is 8.23. The maximum absolute atomic E-state index is 3.79. The third-order valence-electron chi connectivity index (χ3n) is 2.99. The van der Waals surface area contributed by atoms with Crippen molar-refractivity contribution in [3.8, 4) is 10.0 Å². The van der Waals surface area contributed by atoms with Gasteiger partial charge in [0.25, 0.3) is 0 Å². The van der Waals surface area contributed by atoms with Gasteiger partial charge in [-0.25, -0.2) is 0 Å². The third kappa shape index (κ3) is 2.25. The molecule has 0 spiro atoms. The van der Waals surface area contributed by atoms with Crippen molar-refractivity contribution in [1.82, 2.24) is 0 Å². The fraction of sp³-hybridized carbons (Fsp3) is 0.0667. The first-order valence-electron chi connectivity index (χ1n) is 5.49. The molecule has 18 heavy (non-hydrogen) atoms. The zero-order chi connectivity index (χ0) is 11.8. The topological polar surface area (TPSA) is 0 Å². The number of fused-ring (bicyclic) bond motifs is 1. The molecule has 0 saturated heterocycles. The van der Waals surface area contributed by atoms with Crippen LogP contribution in [0, 0.1) is 0 Å². The summed E-state index contributed by atoms with van der Waals surface area (Å²) in [7, 11) is 0. The number of halogens is 2. The van der Waals surface area contributed by atoms with Crippen molar-refractivity contribution in [3.63, 3.8) is 0 Å². The van der Waals surface area contributed by atoms with Crippen LogP contribution in [0.15, 0.2) is 59.1 Å². The molecule has 0 radical (unpaired) electrons. The van der Waals surface area contributed by atoms with E-state index in [1.165, 1.54) is 19.9 Å². The summed E-state index contributed by atoms with van der Waals surface area (Å²) in [6, 6.07) is 19.5. The van der Waals surface area contributed by atoms with Crippen molar-refractivity contribution in [2.45, 2.75) is 0 Å². The van der Waals surface area contributed by atoms with Gasteiger partial charge in [-0.3, -0.25) is 0 Å². The minimum atomic E-state index is -0.866. The van der Waals surface area contributed by atoms with Crippen molar-refractivity contribution in [2.75, 3.05) is 0 Å². The summed E-state index contributed by atoms with van der Waals surface area (Å²) < 4.78 is 4.36. The molecule has 0 saturated carbocycles. The molecule has 1 atom stereocenters. The molecule has 0 bridgehead atoms. The number of benzene rings is 2. The second-order valence-corrected chi connectivity index (χ2v) is 8.73. The van der Waals surface area contributed by atoms with Crippen LogP contribution in [0.5, 0.6) is 0 Å². The summed E-state index contributed by atoms with van der Waals surface area (Å²) >= 11 is 2.93. The number of hydrogen-bond acceptors (Lipinski definition) is 0. The molecule has 1 heterocycles. The molecule has 0 aliphatic carbocycles. The molecule has 1 aromatic heterocycles. The van der Waals surface area contributed by atoms with Crippen molar-refractivity contribution < 1.29 is 17.0 Å². The van der Waals surface area contributed by atoms with E-state index in [0.29, 0.717) is 0 Å². The van der Waals surface area contributed by atoms with Crippen LogP contribution < -0.4 is 17.0 Å². The van der Waals surface area contributed by atoms with E-state index >= 15 is 0 Å². The first-order chi connectivity index (χ1) is 8.29. The van der Waals surface area contributed by atoms with Crippen molar-refractivity contribution in [1.29, 1.82) is 0 Å². The molecule has 0 amide bonds. The Balaban J connectivity index is 0.00000120. The minimum Gasteiger partial charge on any atom is -1.00 e. The van der Waals surface area contributed by atoms with E-state index in [2.05, 4.69) is 76.3 Å². The molecular formula is C15H12Br2Se. The second kappa shape index (κ2) is 5.75. The first kappa shape index (κ1) is 14.1. The van der Waals surface area contributed by atoms with E-state index in [1.54, 1.807) is 4.26 Å². The van der Waals surface area contributed by atoms with Gasteiger partial charge in [0.2, 0.25) is 0 Å². The van der Waals surface area contributed by atoms with Gasteiger partial charge in [0.1, 0.15) is 0 Å². The maximum Gasteiger partial charge on any atom is -1.00 e. The van der Waals surface area contributed by atoms with Gasteiger partial charge in [0.05, 0.1) is 0 Å². The summed E-state index contributed by atoms with van der Waals surface area (Å²) in [6.07, 6.45) is 0. The van der Waals surface area contributed by atoms with Gasteiger partial charge in [-0.2, -0.15) is 0 Å². The van der Waals surface area contributed by atoms with E-state index in [-0.39, 0.29) is 17.0 Å². The van der Waals surface area contributed by atoms with Crippen molar-refractivity contribution in [3.05, 3.63) is 59.1 Å². The molecular weight excluding hydrogens is 419 g/mol. The van der Waals surface area contributed by atoms with Gasteiger partial charge in [0, 0.05) is 0 Å². The summed E-state index contributed by atoms with van der Waals surface area (Å²) in [4.78, 5) is 0. The molecule has 2 aromatic carbocycles. The Bertz CT molecular complexity index is 633. The van der Waals surface area contributed by atoms with Crippen LogP contribution in [-0.4, -0.2) is 13.4 Å². The Kier molecular flexibility index (Phi) is 4.50. The van der Waals surface area contributed by atoms with E-state index in [1.807, 2.05) is 0 Å². The standard InChI is InChI=1S/C15H12BrSe.BrH/c1-17-13-10-6-5-9-12(13)14(16)15(17)11-7-3-2-4-8-11;/h2-10H,1H3;1H/q+1;/p-1. The Morgan fingerprint density at radius 1 is 0.889 bits per heavy atom. The number of aryl methyl sites for hydroxylation is 1. The summed E-state index contributed by atoms with van der Waals surface area (Å²) in [5.74, 6) is 2.40. The minimum absolute atomic E-state index is 0. The molecule has 0 nitrogen and oxygen atoms in total. The second-order valence-electron chi connectivity index (χ2n) is 4.02. The van der Waals surface area contributed by atoms with Crippen molar-refractivity contribution in [2.24, 2.45) is 5.82 Å². The van der Waals surface area contributed by atoms with E-state index < -0.39 is 13.4 Å². The molecule has 3 rings (SSSR count). The zero-order valence-corrected chi connectivity index (χ0v) is 14.7. The quantitative estimate of drug-likeness (QED) is 0.514. The predicted octanol–water partition coefficient (Wildman–Crippen LogP) is 1.55.